The zero-order chi connectivity index (χ0) is 18.1. The van der Waals surface area contributed by atoms with Crippen molar-refractivity contribution in [1.29, 1.82) is 0 Å². The van der Waals surface area contributed by atoms with Crippen LogP contribution in [0.2, 0.25) is 0 Å². The van der Waals surface area contributed by atoms with E-state index in [9.17, 15) is 9.59 Å². The van der Waals surface area contributed by atoms with Gasteiger partial charge in [0.15, 0.2) is 0 Å². The lowest BCUT2D eigenvalue weighted by atomic mass is 10.2. The molecule has 130 valence electrons. The summed E-state index contributed by atoms with van der Waals surface area (Å²) in [6, 6.07) is 1.87. The Morgan fingerprint density at radius 2 is 2.08 bits per heavy atom. The predicted molar refractivity (Wildman–Crippen MR) is 92.9 cm³/mol. The van der Waals surface area contributed by atoms with Crippen molar-refractivity contribution >= 4 is 35.0 Å². The Labute approximate surface area is 148 Å². The number of thiophene rings is 1. The van der Waals surface area contributed by atoms with E-state index in [0.717, 1.165) is 0 Å². The molecule has 0 aliphatic carbocycles. The third kappa shape index (κ3) is 3.88. The number of rotatable bonds is 4. The second-order valence-electron chi connectivity index (χ2n) is 5.89. The lowest BCUT2D eigenvalue weighted by molar-refractivity contribution is -0.148. The number of halogens is 1. The van der Waals surface area contributed by atoms with Gasteiger partial charge < -0.3 is 9.47 Å². The van der Waals surface area contributed by atoms with Crippen LogP contribution in [-0.2, 0) is 16.6 Å². The Morgan fingerprint density at radius 3 is 2.67 bits per heavy atom. The number of methoxy groups -OCH3 is 1. The first-order valence-electron chi connectivity index (χ1n) is 7.02. The van der Waals surface area contributed by atoms with Gasteiger partial charge in [-0.3, -0.25) is 0 Å². The highest BCUT2D eigenvalue weighted by molar-refractivity contribution is 7.11. The minimum absolute atomic E-state index is 0.0791. The van der Waals surface area contributed by atoms with Gasteiger partial charge in [-0.05, 0) is 38.3 Å². The Morgan fingerprint density at radius 1 is 1.42 bits per heavy atom. The molecule has 0 spiro atoms. The molecular formula is C15H18ClN3O4S. The first-order valence-corrected chi connectivity index (χ1v) is 8.28. The molecule has 0 amide bonds. The first kappa shape index (κ1) is 18.3. The molecule has 0 aliphatic rings. The van der Waals surface area contributed by atoms with Crippen LogP contribution >= 0.6 is 22.9 Å². The fourth-order valence-electron chi connectivity index (χ4n) is 1.89. The lowest BCUT2D eigenvalue weighted by Crippen LogP contribution is -2.24. The van der Waals surface area contributed by atoms with E-state index in [-0.39, 0.29) is 16.7 Å². The summed E-state index contributed by atoms with van der Waals surface area (Å²) in [5.41, 5.74) is -0.489. The average Bonchev–Trinajstić information content (AvgIpc) is 3.02. The van der Waals surface area contributed by atoms with Gasteiger partial charge in [0.1, 0.15) is 10.6 Å². The number of ether oxygens (including phenoxy) is 2. The summed E-state index contributed by atoms with van der Waals surface area (Å²) in [5, 5.41) is 5.69. The van der Waals surface area contributed by atoms with Crippen molar-refractivity contribution < 1.29 is 14.3 Å². The maximum atomic E-state index is 12.2. The Bertz CT molecular complexity index is 842. The number of carbonyl (C=O) groups excluding carboxylic acids is 1. The number of carbonyl (C=O) groups is 1. The quantitative estimate of drug-likeness (QED) is 0.610. The lowest BCUT2D eigenvalue weighted by Gasteiger charge is -2.19. The van der Waals surface area contributed by atoms with Crippen molar-refractivity contribution in [2.45, 2.75) is 26.4 Å². The number of aryl methyl sites for hydroxylation is 1. The molecule has 0 radical (unpaired) electrons. The maximum absolute atomic E-state index is 12.2. The fraction of sp³-hybridized carbons (Fsp3) is 0.400. The zero-order valence-electron chi connectivity index (χ0n) is 14.0. The minimum Gasteiger partial charge on any atom is -0.467 e. The van der Waals surface area contributed by atoms with Crippen molar-refractivity contribution in [3.05, 3.63) is 31.8 Å². The monoisotopic (exact) mass is 371 g/mol. The van der Waals surface area contributed by atoms with Crippen LogP contribution in [0.5, 0.6) is 6.01 Å². The normalized spacial score (nSPS) is 12.3. The number of esters is 1. The van der Waals surface area contributed by atoms with Gasteiger partial charge in [0.25, 0.3) is 0 Å². The van der Waals surface area contributed by atoms with Crippen molar-refractivity contribution in [2.24, 2.45) is 7.05 Å². The molecule has 0 aliphatic heterocycles. The van der Waals surface area contributed by atoms with E-state index in [1.807, 2.05) is 0 Å². The SMILES string of the molecule is COc1nn(C)c(=O)n1-c1ccsc1C=C(Cl)C(=O)OC(C)(C)C. The summed E-state index contributed by atoms with van der Waals surface area (Å²) in [6.45, 7) is 5.27. The molecule has 2 aromatic heterocycles. The number of nitrogens with zero attached hydrogens (tertiary/aromatic N) is 3. The van der Waals surface area contributed by atoms with E-state index in [4.69, 9.17) is 21.1 Å². The van der Waals surface area contributed by atoms with Gasteiger partial charge in [-0.25, -0.2) is 18.8 Å². The maximum Gasteiger partial charge on any atom is 0.353 e. The van der Waals surface area contributed by atoms with Gasteiger partial charge in [-0.2, -0.15) is 0 Å². The second-order valence-corrected chi connectivity index (χ2v) is 7.25. The fourth-order valence-corrected chi connectivity index (χ4v) is 2.91. The highest BCUT2D eigenvalue weighted by Crippen LogP contribution is 2.27. The molecule has 2 aromatic rings. The highest BCUT2D eigenvalue weighted by atomic mass is 35.5. The predicted octanol–water partition coefficient (Wildman–Crippen LogP) is 2.56. The van der Waals surface area contributed by atoms with Crippen molar-refractivity contribution in [2.75, 3.05) is 7.11 Å². The van der Waals surface area contributed by atoms with Crippen LogP contribution in [0.3, 0.4) is 0 Å². The third-order valence-corrected chi connectivity index (χ3v) is 3.96. The summed E-state index contributed by atoms with van der Waals surface area (Å²) in [6.07, 6.45) is 1.47. The van der Waals surface area contributed by atoms with Gasteiger partial charge in [-0.1, -0.05) is 11.6 Å². The number of hydrogen-bond acceptors (Lipinski definition) is 6. The van der Waals surface area contributed by atoms with Crippen LogP contribution in [0.4, 0.5) is 0 Å². The standard InChI is InChI=1S/C15H18ClN3O4S/c1-15(2,3)23-12(20)9(16)8-11-10(6-7-24-11)19-13(22-5)17-18(4)14(19)21/h6-8H,1-5H3. The summed E-state index contributed by atoms with van der Waals surface area (Å²) >= 11 is 7.38. The molecular weight excluding hydrogens is 354 g/mol. The molecule has 0 saturated heterocycles. The van der Waals surface area contributed by atoms with Crippen molar-refractivity contribution in [3.8, 4) is 11.7 Å². The van der Waals surface area contributed by atoms with Gasteiger partial charge in [0, 0.05) is 7.05 Å². The van der Waals surface area contributed by atoms with Crippen molar-refractivity contribution in [3.63, 3.8) is 0 Å². The molecule has 0 bridgehead atoms. The highest BCUT2D eigenvalue weighted by Gasteiger charge is 2.21. The molecule has 0 saturated carbocycles. The van der Waals surface area contributed by atoms with Crippen LogP contribution in [0, 0.1) is 0 Å². The molecule has 0 unspecified atom stereocenters. The molecule has 0 N–H and O–H groups in total. The van der Waals surface area contributed by atoms with Crippen LogP contribution in [0.25, 0.3) is 11.8 Å². The number of aromatic nitrogens is 3. The van der Waals surface area contributed by atoms with Crippen LogP contribution < -0.4 is 10.4 Å². The smallest absolute Gasteiger partial charge is 0.353 e. The minimum atomic E-state index is -0.646. The molecule has 0 aromatic carbocycles. The van der Waals surface area contributed by atoms with Crippen LogP contribution in [0.1, 0.15) is 25.6 Å². The summed E-state index contributed by atoms with van der Waals surface area (Å²) in [5.74, 6) is -0.631. The molecule has 9 heteroatoms. The first-order chi connectivity index (χ1) is 11.1. The van der Waals surface area contributed by atoms with Crippen molar-refractivity contribution in [1.82, 2.24) is 14.3 Å². The summed E-state index contributed by atoms with van der Waals surface area (Å²) in [7, 11) is 2.95. The second kappa shape index (κ2) is 6.82. The molecule has 24 heavy (non-hydrogen) atoms. The van der Waals surface area contributed by atoms with E-state index >= 15 is 0 Å². The van der Waals surface area contributed by atoms with E-state index in [1.165, 1.54) is 40.8 Å². The van der Waals surface area contributed by atoms with E-state index in [1.54, 1.807) is 32.2 Å². The van der Waals surface area contributed by atoms with Gasteiger partial charge in [-0.15, -0.1) is 16.4 Å². The summed E-state index contributed by atoms with van der Waals surface area (Å²) in [4.78, 5) is 24.9. The van der Waals surface area contributed by atoms with Crippen LogP contribution in [0.15, 0.2) is 21.3 Å². The topological polar surface area (TPSA) is 75.4 Å². The Kier molecular flexibility index (Phi) is 5.19. The van der Waals surface area contributed by atoms with Crippen LogP contribution in [-0.4, -0.2) is 33.0 Å². The molecule has 2 rings (SSSR count). The largest absolute Gasteiger partial charge is 0.467 e. The molecule has 0 fully saturated rings. The van der Waals surface area contributed by atoms with E-state index < -0.39 is 11.6 Å². The zero-order valence-corrected chi connectivity index (χ0v) is 15.6. The number of hydrogen-bond donors (Lipinski definition) is 0. The van der Waals surface area contributed by atoms with E-state index in [2.05, 4.69) is 5.10 Å². The summed E-state index contributed by atoms with van der Waals surface area (Å²) < 4.78 is 12.8. The third-order valence-electron chi connectivity index (χ3n) is 2.84. The molecule has 7 nitrogen and oxygen atoms in total. The Balaban J connectivity index is 2.44. The van der Waals surface area contributed by atoms with Gasteiger partial charge in [0.05, 0.1) is 17.7 Å². The molecule has 2 heterocycles. The van der Waals surface area contributed by atoms with E-state index in [0.29, 0.717) is 10.6 Å². The van der Waals surface area contributed by atoms with Gasteiger partial charge in [0.2, 0.25) is 0 Å². The average molecular weight is 372 g/mol. The Hall–Kier alpha value is -2.06. The van der Waals surface area contributed by atoms with Gasteiger partial charge >= 0.3 is 17.7 Å². The molecule has 0 atom stereocenters.